The van der Waals surface area contributed by atoms with Gasteiger partial charge in [0.15, 0.2) is 6.61 Å². The molecule has 0 radical (unpaired) electrons. The zero-order chi connectivity index (χ0) is 19.3. The molecule has 0 aliphatic heterocycles. The number of ether oxygens (including phenoxy) is 1. The number of hydrazone groups is 1. The van der Waals surface area contributed by atoms with Gasteiger partial charge in [0.1, 0.15) is 11.5 Å². The summed E-state index contributed by atoms with van der Waals surface area (Å²) < 4.78 is 5.52. The van der Waals surface area contributed by atoms with E-state index >= 15 is 0 Å². The first kappa shape index (κ1) is 17.5. The van der Waals surface area contributed by atoms with E-state index in [-0.39, 0.29) is 18.3 Å². The van der Waals surface area contributed by atoms with Crippen LogP contribution in [0.4, 0.5) is 0 Å². The van der Waals surface area contributed by atoms with Gasteiger partial charge < -0.3 is 9.84 Å². The number of phenols is 1. The Hall–Kier alpha value is -3.86. The number of rotatable bonds is 5. The molecule has 0 aromatic heterocycles. The molecule has 0 saturated heterocycles. The van der Waals surface area contributed by atoms with Crippen LogP contribution in [0.5, 0.6) is 11.5 Å². The molecular weight excluding hydrogens is 352 g/mol. The highest BCUT2D eigenvalue weighted by Crippen LogP contribution is 2.27. The van der Waals surface area contributed by atoms with Crippen LogP contribution in [0.1, 0.15) is 5.56 Å². The zero-order valence-corrected chi connectivity index (χ0v) is 15.0. The van der Waals surface area contributed by atoms with Gasteiger partial charge >= 0.3 is 0 Å². The van der Waals surface area contributed by atoms with Crippen molar-refractivity contribution in [1.29, 1.82) is 0 Å². The van der Waals surface area contributed by atoms with Crippen molar-refractivity contribution >= 4 is 33.7 Å². The Bertz CT molecular complexity index is 1180. The number of nitrogens with zero attached hydrogens (tertiary/aromatic N) is 1. The lowest BCUT2D eigenvalue weighted by Gasteiger charge is -2.06. The van der Waals surface area contributed by atoms with E-state index in [1.807, 2.05) is 72.8 Å². The molecule has 28 heavy (non-hydrogen) atoms. The van der Waals surface area contributed by atoms with E-state index in [2.05, 4.69) is 10.5 Å². The van der Waals surface area contributed by atoms with E-state index in [9.17, 15) is 9.90 Å². The normalized spacial score (nSPS) is 11.1. The Morgan fingerprint density at radius 3 is 2.50 bits per heavy atom. The topological polar surface area (TPSA) is 70.9 Å². The van der Waals surface area contributed by atoms with E-state index in [1.165, 1.54) is 6.21 Å². The van der Waals surface area contributed by atoms with Gasteiger partial charge in [0.05, 0.1) is 6.21 Å². The average Bonchev–Trinajstić information content (AvgIpc) is 2.74. The Morgan fingerprint density at radius 2 is 1.64 bits per heavy atom. The summed E-state index contributed by atoms with van der Waals surface area (Å²) in [5, 5.41) is 18.1. The smallest absolute Gasteiger partial charge is 0.277 e. The van der Waals surface area contributed by atoms with Gasteiger partial charge in [-0.3, -0.25) is 4.79 Å². The van der Waals surface area contributed by atoms with Crippen LogP contribution < -0.4 is 10.2 Å². The zero-order valence-electron chi connectivity index (χ0n) is 15.0. The van der Waals surface area contributed by atoms with E-state index in [1.54, 1.807) is 6.07 Å². The molecule has 0 atom stereocenters. The first-order chi connectivity index (χ1) is 13.7. The standard InChI is InChI=1S/C23H18N2O3/c26-22(15-28-20-12-11-16-5-1-2-7-18(16)13-20)25-24-14-19-10-9-17-6-3-4-8-21(17)23(19)27/h1-14,27H,15H2,(H,25,26). The van der Waals surface area contributed by atoms with Gasteiger partial charge in [0.2, 0.25) is 0 Å². The highest BCUT2D eigenvalue weighted by Gasteiger charge is 2.05. The number of hydrogen-bond donors (Lipinski definition) is 2. The number of phenolic OH excluding ortho intramolecular Hbond substituents is 1. The molecule has 4 aromatic carbocycles. The molecule has 2 N–H and O–H groups in total. The maximum atomic E-state index is 12.0. The Labute approximate surface area is 161 Å². The lowest BCUT2D eigenvalue weighted by atomic mass is 10.1. The summed E-state index contributed by atoms with van der Waals surface area (Å²) in [6, 6.07) is 24.7. The molecule has 5 heteroatoms. The van der Waals surface area contributed by atoms with E-state index in [0.717, 1.165) is 21.5 Å². The maximum Gasteiger partial charge on any atom is 0.277 e. The van der Waals surface area contributed by atoms with Gasteiger partial charge in [-0.15, -0.1) is 0 Å². The molecule has 1 amide bonds. The minimum Gasteiger partial charge on any atom is -0.507 e. The van der Waals surface area contributed by atoms with E-state index < -0.39 is 0 Å². The van der Waals surface area contributed by atoms with Crippen molar-refractivity contribution in [3.8, 4) is 11.5 Å². The lowest BCUT2D eigenvalue weighted by Crippen LogP contribution is -2.24. The fraction of sp³-hybridized carbons (Fsp3) is 0.0435. The minimum atomic E-state index is -0.385. The third-order valence-electron chi connectivity index (χ3n) is 4.42. The molecule has 0 saturated carbocycles. The van der Waals surface area contributed by atoms with Crippen LogP contribution in [0.15, 0.2) is 84.0 Å². The molecule has 138 valence electrons. The third kappa shape index (κ3) is 3.78. The Kier molecular flexibility index (Phi) is 4.89. The van der Waals surface area contributed by atoms with Gasteiger partial charge in [-0.05, 0) is 34.4 Å². The molecule has 4 aromatic rings. The van der Waals surface area contributed by atoms with Crippen LogP contribution >= 0.6 is 0 Å². The first-order valence-electron chi connectivity index (χ1n) is 8.85. The predicted octanol–water partition coefficient (Wildman–Crippen LogP) is 4.23. The average molecular weight is 370 g/mol. The molecular formula is C23H18N2O3. The van der Waals surface area contributed by atoms with Crippen molar-refractivity contribution in [2.75, 3.05) is 6.61 Å². The quantitative estimate of drug-likeness (QED) is 0.408. The molecule has 0 bridgehead atoms. The summed E-state index contributed by atoms with van der Waals surface area (Å²) in [7, 11) is 0. The molecule has 0 heterocycles. The molecule has 0 aliphatic rings. The molecule has 0 spiro atoms. The number of benzene rings is 4. The number of fused-ring (bicyclic) bond motifs is 2. The summed E-state index contributed by atoms with van der Waals surface area (Å²) in [5.74, 6) is 0.359. The Balaban J connectivity index is 1.37. The Morgan fingerprint density at radius 1 is 0.929 bits per heavy atom. The maximum absolute atomic E-state index is 12.0. The van der Waals surface area contributed by atoms with Crippen LogP contribution in [0.3, 0.4) is 0 Å². The van der Waals surface area contributed by atoms with Gasteiger partial charge in [-0.1, -0.05) is 60.7 Å². The number of carbonyl (C=O) groups excluding carboxylic acids is 1. The minimum absolute atomic E-state index is 0.128. The van der Waals surface area contributed by atoms with Crippen LogP contribution in [0, 0.1) is 0 Å². The van der Waals surface area contributed by atoms with Gasteiger partial charge in [-0.25, -0.2) is 5.43 Å². The van der Waals surface area contributed by atoms with Crippen molar-refractivity contribution in [1.82, 2.24) is 5.43 Å². The number of nitrogens with one attached hydrogen (secondary N) is 1. The van der Waals surface area contributed by atoms with Crippen LogP contribution in [-0.4, -0.2) is 23.8 Å². The second kappa shape index (κ2) is 7.80. The number of amides is 1. The SMILES string of the molecule is O=C(COc1ccc2ccccc2c1)NN=Cc1ccc2ccccc2c1O. The summed E-state index contributed by atoms with van der Waals surface area (Å²) >= 11 is 0. The van der Waals surface area contributed by atoms with E-state index in [0.29, 0.717) is 11.3 Å². The van der Waals surface area contributed by atoms with Gasteiger partial charge in [0.25, 0.3) is 5.91 Å². The fourth-order valence-electron chi connectivity index (χ4n) is 2.99. The second-order valence-corrected chi connectivity index (χ2v) is 6.32. The number of aromatic hydroxyl groups is 1. The highest BCUT2D eigenvalue weighted by atomic mass is 16.5. The van der Waals surface area contributed by atoms with Crippen molar-refractivity contribution in [2.24, 2.45) is 5.10 Å². The molecule has 0 fully saturated rings. The highest BCUT2D eigenvalue weighted by molar-refractivity contribution is 5.97. The van der Waals surface area contributed by atoms with Crippen molar-refractivity contribution in [2.45, 2.75) is 0 Å². The van der Waals surface area contributed by atoms with Gasteiger partial charge in [-0.2, -0.15) is 5.10 Å². The fourth-order valence-corrected chi connectivity index (χ4v) is 2.99. The van der Waals surface area contributed by atoms with Gasteiger partial charge in [0, 0.05) is 10.9 Å². The van der Waals surface area contributed by atoms with Crippen molar-refractivity contribution < 1.29 is 14.6 Å². The predicted molar refractivity (Wildman–Crippen MR) is 111 cm³/mol. The monoisotopic (exact) mass is 370 g/mol. The molecule has 4 rings (SSSR count). The summed E-state index contributed by atoms with van der Waals surface area (Å²) in [5.41, 5.74) is 2.93. The molecule has 0 aliphatic carbocycles. The van der Waals surface area contributed by atoms with E-state index in [4.69, 9.17) is 4.74 Å². The number of hydrogen-bond acceptors (Lipinski definition) is 4. The summed E-state index contributed by atoms with van der Waals surface area (Å²) in [6.07, 6.45) is 1.41. The molecule has 5 nitrogen and oxygen atoms in total. The molecule has 0 unspecified atom stereocenters. The summed E-state index contributed by atoms with van der Waals surface area (Å²) in [4.78, 5) is 12.0. The largest absolute Gasteiger partial charge is 0.507 e. The van der Waals surface area contributed by atoms with Crippen LogP contribution in [0.2, 0.25) is 0 Å². The van der Waals surface area contributed by atoms with Crippen LogP contribution in [0.25, 0.3) is 21.5 Å². The van der Waals surface area contributed by atoms with Crippen molar-refractivity contribution in [3.05, 3.63) is 84.4 Å². The third-order valence-corrected chi connectivity index (χ3v) is 4.42. The van der Waals surface area contributed by atoms with Crippen LogP contribution in [-0.2, 0) is 4.79 Å². The first-order valence-corrected chi connectivity index (χ1v) is 8.85. The van der Waals surface area contributed by atoms with Crippen molar-refractivity contribution in [3.63, 3.8) is 0 Å². The number of carbonyl (C=O) groups is 1. The summed E-state index contributed by atoms with van der Waals surface area (Å²) in [6.45, 7) is -0.153. The second-order valence-electron chi connectivity index (χ2n) is 6.32. The lowest BCUT2D eigenvalue weighted by molar-refractivity contribution is -0.123.